The molecular weight excluding hydrogens is 456 g/mol. The van der Waals surface area contributed by atoms with E-state index in [1.807, 2.05) is 56.3 Å². The number of furan rings is 1. The number of carbonyl (C=O) groups is 3. The molecule has 8 nitrogen and oxygen atoms in total. The summed E-state index contributed by atoms with van der Waals surface area (Å²) in [5.41, 5.74) is 1.16. The van der Waals surface area contributed by atoms with Gasteiger partial charge in [-0.05, 0) is 36.1 Å². The van der Waals surface area contributed by atoms with E-state index >= 15 is 0 Å². The van der Waals surface area contributed by atoms with Gasteiger partial charge in [-0.15, -0.1) is 0 Å². The van der Waals surface area contributed by atoms with E-state index in [1.54, 1.807) is 19.2 Å². The molecular formula is C28H28N4O4. The Morgan fingerprint density at radius 1 is 1.22 bits per heavy atom. The fraction of sp³-hybridized carbons (Fsp3) is 0.357. The Balaban J connectivity index is 1.46. The molecule has 3 heterocycles. The number of likely N-dealkylation sites (tertiary alicyclic amines) is 1. The highest BCUT2D eigenvalue weighted by molar-refractivity contribution is 6.07. The molecule has 184 valence electrons. The number of anilines is 1. The summed E-state index contributed by atoms with van der Waals surface area (Å²) in [5, 5.41) is 3.72. The van der Waals surface area contributed by atoms with Crippen LogP contribution in [0, 0.1) is 12.5 Å². The van der Waals surface area contributed by atoms with Crippen LogP contribution >= 0.6 is 0 Å². The zero-order chi connectivity index (χ0) is 25.6. The van der Waals surface area contributed by atoms with Crippen LogP contribution in [-0.4, -0.2) is 53.3 Å². The van der Waals surface area contributed by atoms with E-state index in [1.165, 1.54) is 9.80 Å². The van der Waals surface area contributed by atoms with Gasteiger partial charge in [0.05, 0.1) is 6.42 Å². The second-order valence-electron chi connectivity index (χ2n) is 10.1. The summed E-state index contributed by atoms with van der Waals surface area (Å²) in [6.45, 7) is 11.9. The molecule has 0 bridgehead atoms. The fourth-order valence-corrected chi connectivity index (χ4v) is 5.42. The van der Waals surface area contributed by atoms with E-state index in [0.29, 0.717) is 12.0 Å². The van der Waals surface area contributed by atoms with E-state index in [-0.39, 0.29) is 36.5 Å². The Morgan fingerprint density at radius 2 is 1.94 bits per heavy atom. The van der Waals surface area contributed by atoms with E-state index in [4.69, 9.17) is 11.0 Å². The molecule has 1 N–H and O–H groups in total. The Morgan fingerprint density at radius 3 is 2.67 bits per heavy atom. The van der Waals surface area contributed by atoms with Gasteiger partial charge in [0.1, 0.15) is 17.0 Å². The second-order valence-corrected chi connectivity index (χ2v) is 10.1. The fourth-order valence-electron chi connectivity index (χ4n) is 5.42. The number of fused-ring (bicyclic) bond motifs is 3. The molecule has 0 unspecified atom stereocenters. The van der Waals surface area contributed by atoms with E-state index < -0.39 is 23.5 Å². The second kappa shape index (κ2) is 8.83. The number of hydrogen-bond acceptors (Lipinski definition) is 4. The number of amides is 3. The molecule has 0 aliphatic carbocycles. The summed E-state index contributed by atoms with van der Waals surface area (Å²) >= 11 is 0. The average molecular weight is 485 g/mol. The molecule has 1 aromatic heterocycles. The van der Waals surface area contributed by atoms with Crippen molar-refractivity contribution in [2.24, 2.45) is 5.92 Å². The number of hydrogen-bond donors (Lipinski definition) is 1. The number of nitrogens with one attached hydrogen (secondary N) is 1. The van der Waals surface area contributed by atoms with Gasteiger partial charge in [-0.1, -0.05) is 50.2 Å². The maximum atomic E-state index is 14.0. The maximum absolute atomic E-state index is 14.0. The van der Waals surface area contributed by atoms with Gasteiger partial charge in [0.25, 0.3) is 11.8 Å². The van der Waals surface area contributed by atoms with Crippen molar-refractivity contribution in [3.8, 4) is 0 Å². The molecule has 2 aliphatic heterocycles. The molecule has 0 radical (unpaired) electrons. The Labute approximate surface area is 209 Å². The quantitative estimate of drug-likeness (QED) is 0.548. The van der Waals surface area contributed by atoms with Crippen molar-refractivity contribution in [1.82, 2.24) is 9.80 Å². The summed E-state index contributed by atoms with van der Waals surface area (Å²) in [6.07, 6.45) is -0.155. The van der Waals surface area contributed by atoms with Gasteiger partial charge < -0.3 is 14.6 Å². The van der Waals surface area contributed by atoms with Gasteiger partial charge in [0, 0.05) is 24.7 Å². The number of para-hydroxylation sites is 2. The van der Waals surface area contributed by atoms with Gasteiger partial charge in [-0.25, -0.2) is 6.57 Å². The van der Waals surface area contributed by atoms with Gasteiger partial charge in [0.2, 0.25) is 5.91 Å². The SMILES string of the molecule is [C-]#[N+][C@@H]1C[C@@]2(CN1C(=O)[C@H](CC(C)C)N(C)C(=O)c1cc3ccccc3o1)C(=O)Nc1ccccc12. The third-order valence-electron chi connectivity index (χ3n) is 7.29. The van der Waals surface area contributed by atoms with Crippen LogP contribution < -0.4 is 5.32 Å². The predicted octanol–water partition coefficient (Wildman–Crippen LogP) is 4.29. The number of rotatable bonds is 5. The lowest BCUT2D eigenvalue weighted by Crippen LogP contribution is -2.51. The molecule has 3 amide bonds. The molecule has 8 heteroatoms. The minimum absolute atomic E-state index is 0.100. The highest BCUT2D eigenvalue weighted by atomic mass is 16.3. The first-order valence-corrected chi connectivity index (χ1v) is 12.1. The summed E-state index contributed by atoms with van der Waals surface area (Å²) < 4.78 is 5.77. The van der Waals surface area contributed by atoms with Crippen molar-refractivity contribution < 1.29 is 18.8 Å². The lowest BCUT2D eigenvalue weighted by atomic mass is 9.80. The van der Waals surface area contributed by atoms with Crippen LogP contribution in [0.3, 0.4) is 0 Å². The van der Waals surface area contributed by atoms with Crippen LogP contribution in [0.25, 0.3) is 15.8 Å². The van der Waals surface area contributed by atoms with Crippen molar-refractivity contribution in [3.05, 3.63) is 77.3 Å². The summed E-state index contributed by atoms with van der Waals surface area (Å²) in [4.78, 5) is 47.1. The molecule has 1 spiro atoms. The number of carbonyl (C=O) groups excluding carboxylic acids is 3. The van der Waals surface area contributed by atoms with Crippen LogP contribution in [0.15, 0.2) is 59.0 Å². The first-order valence-electron chi connectivity index (χ1n) is 12.1. The van der Waals surface area contributed by atoms with Crippen molar-refractivity contribution in [2.75, 3.05) is 18.9 Å². The molecule has 2 aliphatic rings. The summed E-state index contributed by atoms with van der Waals surface area (Å²) in [7, 11) is 1.59. The van der Waals surface area contributed by atoms with Gasteiger partial charge in [-0.2, -0.15) is 0 Å². The average Bonchev–Trinajstić information content (AvgIpc) is 3.55. The van der Waals surface area contributed by atoms with Crippen LogP contribution in [-0.2, 0) is 15.0 Å². The Bertz CT molecular complexity index is 1370. The zero-order valence-corrected chi connectivity index (χ0v) is 20.5. The number of nitrogens with zero attached hydrogens (tertiary/aromatic N) is 3. The van der Waals surface area contributed by atoms with E-state index in [0.717, 1.165) is 16.6 Å². The lowest BCUT2D eigenvalue weighted by molar-refractivity contribution is -0.136. The monoisotopic (exact) mass is 484 g/mol. The number of likely N-dealkylation sites (N-methyl/N-ethyl adjacent to an activating group) is 1. The first kappa shape index (κ1) is 23.6. The van der Waals surface area contributed by atoms with Crippen molar-refractivity contribution in [1.29, 1.82) is 0 Å². The molecule has 0 saturated carbocycles. The lowest BCUT2D eigenvalue weighted by Gasteiger charge is -2.31. The molecule has 1 saturated heterocycles. The largest absolute Gasteiger partial charge is 0.451 e. The molecule has 36 heavy (non-hydrogen) atoms. The third kappa shape index (κ3) is 3.72. The van der Waals surface area contributed by atoms with Gasteiger partial charge in [0.15, 0.2) is 5.76 Å². The van der Waals surface area contributed by atoms with Crippen LogP contribution in [0.5, 0.6) is 0 Å². The van der Waals surface area contributed by atoms with Gasteiger partial charge in [-0.3, -0.25) is 24.1 Å². The van der Waals surface area contributed by atoms with Crippen LogP contribution in [0.4, 0.5) is 5.69 Å². The predicted molar refractivity (Wildman–Crippen MR) is 135 cm³/mol. The maximum Gasteiger partial charge on any atom is 0.302 e. The summed E-state index contributed by atoms with van der Waals surface area (Å²) in [5.74, 6) is -0.653. The standard InChI is InChI=1S/C28H28N4O4/c1-17(2)13-21(31(4)26(34)23-14-18-9-5-8-12-22(18)36-23)25(33)32-16-28(15-24(32)29-3)19-10-6-7-11-20(19)30-27(28)35/h5-12,14,17,21,24H,13,15-16H2,1-2,4H3,(H,30,35)/t21-,24-,28-/m0/s1. The van der Waals surface area contributed by atoms with E-state index in [2.05, 4.69) is 10.2 Å². The van der Waals surface area contributed by atoms with Crippen LogP contribution in [0.1, 0.15) is 42.8 Å². The summed E-state index contributed by atoms with van der Waals surface area (Å²) in [6, 6.07) is 15.6. The number of benzene rings is 2. The molecule has 5 rings (SSSR count). The zero-order valence-electron chi connectivity index (χ0n) is 20.5. The van der Waals surface area contributed by atoms with E-state index in [9.17, 15) is 14.4 Å². The van der Waals surface area contributed by atoms with Crippen molar-refractivity contribution in [2.45, 2.75) is 44.3 Å². The first-order chi connectivity index (χ1) is 17.2. The van der Waals surface area contributed by atoms with Crippen LogP contribution in [0.2, 0.25) is 0 Å². The molecule has 1 fully saturated rings. The highest BCUT2D eigenvalue weighted by Gasteiger charge is 2.59. The third-order valence-corrected chi connectivity index (χ3v) is 7.29. The highest BCUT2D eigenvalue weighted by Crippen LogP contribution is 2.47. The molecule has 3 atom stereocenters. The minimum atomic E-state index is -0.967. The van der Waals surface area contributed by atoms with Gasteiger partial charge >= 0.3 is 6.17 Å². The Hall–Kier alpha value is -4.12. The van der Waals surface area contributed by atoms with Crippen molar-refractivity contribution >= 4 is 34.4 Å². The molecule has 3 aromatic rings. The van der Waals surface area contributed by atoms with Crippen molar-refractivity contribution in [3.63, 3.8) is 0 Å². The topological polar surface area (TPSA) is 87.2 Å². The Kier molecular flexibility index (Phi) is 5.79. The minimum Gasteiger partial charge on any atom is -0.451 e. The molecule has 2 aromatic carbocycles. The smallest absolute Gasteiger partial charge is 0.302 e. The normalized spacial score (nSPS) is 21.5.